The number of nitrogen functional groups attached to an aromatic ring is 2. The van der Waals surface area contributed by atoms with Gasteiger partial charge in [-0.05, 0) is 48.7 Å². The molecule has 1 unspecified atom stereocenters. The summed E-state index contributed by atoms with van der Waals surface area (Å²) in [5, 5.41) is 5.71. The summed E-state index contributed by atoms with van der Waals surface area (Å²) in [5.74, 6) is -0.722. The number of rotatable bonds is 8. The first kappa shape index (κ1) is 31.9. The Morgan fingerprint density at radius 2 is 1.87 bits per heavy atom. The maximum absolute atomic E-state index is 13.4. The van der Waals surface area contributed by atoms with E-state index in [9.17, 15) is 22.4 Å². The van der Waals surface area contributed by atoms with Gasteiger partial charge in [0.15, 0.2) is 28.4 Å². The molecular formula is C28H31ClFN9O5S. The Hall–Kier alpha value is -4.54. The van der Waals surface area contributed by atoms with Crippen LogP contribution in [0.5, 0.6) is 5.75 Å². The number of ether oxygens (including phenoxy) is 1. The van der Waals surface area contributed by atoms with E-state index in [-0.39, 0.29) is 57.1 Å². The number of hydrogen-bond donors (Lipinski definition) is 5. The van der Waals surface area contributed by atoms with Crippen LogP contribution in [0.1, 0.15) is 46.2 Å². The van der Waals surface area contributed by atoms with Gasteiger partial charge in [0, 0.05) is 32.1 Å². The molecule has 2 aromatic carbocycles. The van der Waals surface area contributed by atoms with Crippen molar-refractivity contribution in [3.63, 3.8) is 0 Å². The molecule has 3 aromatic rings. The number of anilines is 2. The number of benzene rings is 2. The average molecular weight is 660 g/mol. The number of piperidine rings is 1. The number of alkyl halides is 1. The highest BCUT2D eigenvalue weighted by atomic mass is 35.5. The second-order valence-corrected chi connectivity index (χ2v) is 12.7. The van der Waals surface area contributed by atoms with Crippen molar-refractivity contribution in [2.24, 2.45) is 4.99 Å². The van der Waals surface area contributed by atoms with Crippen molar-refractivity contribution in [3.8, 4) is 5.75 Å². The van der Waals surface area contributed by atoms with E-state index in [1.54, 1.807) is 35.2 Å². The fourth-order valence-corrected chi connectivity index (χ4v) is 6.17. The Morgan fingerprint density at radius 3 is 2.60 bits per heavy atom. The van der Waals surface area contributed by atoms with Gasteiger partial charge in [-0.2, -0.15) is 0 Å². The number of aromatic nitrogens is 2. The lowest BCUT2D eigenvalue weighted by Crippen LogP contribution is -2.57. The number of nitrogens with zero attached hydrogens (tertiary/aromatic N) is 4. The van der Waals surface area contributed by atoms with E-state index in [1.807, 2.05) is 0 Å². The third kappa shape index (κ3) is 7.41. The topological polar surface area (TPSA) is 207 Å². The Kier molecular flexibility index (Phi) is 9.08. The Bertz CT molecular complexity index is 1760. The number of nitrogens with two attached hydrogens (primary N) is 2. The van der Waals surface area contributed by atoms with Crippen LogP contribution in [0.2, 0.25) is 5.15 Å². The van der Waals surface area contributed by atoms with Crippen molar-refractivity contribution in [3.05, 3.63) is 70.5 Å². The summed E-state index contributed by atoms with van der Waals surface area (Å²) in [5.41, 5.74) is 11.5. The van der Waals surface area contributed by atoms with Crippen molar-refractivity contribution in [1.29, 1.82) is 0 Å². The molecule has 1 atom stereocenters. The molecule has 7 N–H and O–H groups in total. The van der Waals surface area contributed by atoms with Crippen LogP contribution in [-0.4, -0.2) is 72.6 Å². The Labute approximate surface area is 263 Å². The van der Waals surface area contributed by atoms with Gasteiger partial charge in [-0.15, -0.1) is 0 Å². The number of carbonyl (C=O) groups is 2. The van der Waals surface area contributed by atoms with E-state index >= 15 is 0 Å². The number of amides is 2. The number of guanidine groups is 1. The van der Waals surface area contributed by atoms with Gasteiger partial charge < -0.3 is 26.4 Å². The summed E-state index contributed by atoms with van der Waals surface area (Å²) >= 11 is 5.87. The molecule has 1 saturated heterocycles. The summed E-state index contributed by atoms with van der Waals surface area (Å²) in [6, 6.07) is 12.3. The van der Waals surface area contributed by atoms with Crippen LogP contribution in [0.4, 0.5) is 16.0 Å². The highest BCUT2D eigenvalue weighted by Gasteiger charge is 2.40. The monoisotopic (exact) mass is 659 g/mol. The molecule has 0 bridgehead atoms. The molecule has 2 aliphatic rings. The molecule has 0 radical (unpaired) electrons. The maximum atomic E-state index is 13.4. The number of aliphatic imine (C=N–C) groups is 1. The first-order chi connectivity index (χ1) is 21.3. The van der Waals surface area contributed by atoms with Crippen molar-refractivity contribution in [2.45, 2.75) is 43.1 Å². The van der Waals surface area contributed by atoms with E-state index in [4.69, 9.17) is 27.8 Å². The van der Waals surface area contributed by atoms with Crippen LogP contribution in [-0.2, 0) is 16.6 Å². The predicted octanol–water partition coefficient (Wildman–Crippen LogP) is 1.83. The molecule has 238 valence electrons. The van der Waals surface area contributed by atoms with Crippen molar-refractivity contribution < 1.29 is 27.1 Å². The van der Waals surface area contributed by atoms with Gasteiger partial charge in [-0.3, -0.25) is 19.9 Å². The van der Waals surface area contributed by atoms with Crippen molar-refractivity contribution in [1.82, 2.24) is 30.2 Å². The van der Waals surface area contributed by atoms with Crippen LogP contribution < -0.4 is 31.6 Å². The van der Waals surface area contributed by atoms with Crippen LogP contribution in [0.3, 0.4) is 0 Å². The average Bonchev–Trinajstić information content (AvgIpc) is 3.39. The first-order valence-corrected chi connectivity index (χ1v) is 15.7. The largest absolute Gasteiger partial charge is 0.461 e. The summed E-state index contributed by atoms with van der Waals surface area (Å²) in [6.45, 7) is 2.31. The number of likely N-dealkylation sites (tertiary alicyclic amines) is 1. The van der Waals surface area contributed by atoms with Crippen molar-refractivity contribution in [2.75, 3.05) is 31.1 Å². The molecule has 1 aromatic heterocycles. The van der Waals surface area contributed by atoms with E-state index in [2.05, 4.69) is 30.3 Å². The highest BCUT2D eigenvalue weighted by Crippen LogP contribution is 2.27. The smallest absolute Gasteiger partial charge is 0.280 e. The lowest BCUT2D eigenvalue weighted by molar-refractivity contribution is 0.0668. The Balaban J connectivity index is 1.16. The molecule has 1 fully saturated rings. The second kappa shape index (κ2) is 12.8. The molecule has 2 amide bonds. The third-order valence-corrected chi connectivity index (χ3v) is 9.01. The second-order valence-electron chi connectivity index (χ2n) is 10.6. The van der Waals surface area contributed by atoms with Crippen LogP contribution in [0.15, 0.2) is 58.4 Å². The van der Waals surface area contributed by atoms with Crippen LogP contribution in [0, 0.1) is 0 Å². The highest BCUT2D eigenvalue weighted by molar-refractivity contribution is 7.89. The summed E-state index contributed by atoms with van der Waals surface area (Å²) in [7, 11) is -3.97. The first-order valence-electron chi connectivity index (χ1n) is 13.9. The maximum Gasteiger partial charge on any atom is 0.280 e. The van der Waals surface area contributed by atoms with Crippen molar-refractivity contribution >= 4 is 51.0 Å². The SMILES string of the molecule is CC(F)Oc1cccc(CNS(=O)(=O)c2cccc(C(=O)N3CCC4(CC3)CN=C(NC(=O)c3nc(Cl)c(N)nc3N)N4)c2)c1. The van der Waals surface area contributed by atoms with Gasteiger partial charge in [-0.25, -0.2) is 27.5 Å². The molecule has 3 heterocycles. The number of carbonyl (C=O) groups excluding carboxylic acids is 2. The minimum Gasteiger partial charge on any atom is -0.461 e. The van der Waals surface area contributed by atoms with E-state index in [1.165, 1.54) is 25.1 Å². The normalized spacial score (nSPS) is 16.5. The fraction of sp³-hybridized carbons (Fsp3) is 0.321. The fourth-order valence-electron chi connectivity index (χ4n) is 4.98. The number of sulfonamides is 1. The third-order valence-electron chi connectivity index (χ3n) is 7.34. The molecule has 1 spiro atoms. The zero-order chi connectivity index (χ0) is 32.4. The van der Waals surface area contributed by atoms with Gasteiger partial charge in [0.2, 0.25) is 16.4 Å². The van der Waals surface area contributed by atoms with Gasteiger partial charge in [0.1, 0.15) is 5.75 Å². The van der Waals surface area contributed by atoms with E-state index < -0.39 is 27.8 Å². The number of halogens is 2. The van der Waals surface area contributed by atoms with E-state index in [0.29, 0.717) is 38.0 Å². The quantitative estimate of drug-likeness (QED) is 0.237. The number of nitrogens with one attached hydrogen (secondary N) is 3. The zero-order valence-corrected chi connectivity index (χ0v) is 25.7. The van der Waals surface area contributed by atoms with Gasteiger partial charge in [-0.1, -0.05) is 29.8 Å². The zero-order valence-electron chi connectivity index (χ0n) is 24.1. The summed E-state index contributed by atoms with van der Waals surface area (Å²) in [6.07, 6.45) is -0.449. The van der Waals surface area contributed by atoms with Gasteiger partial charge >= 0.3 is 0 Å². The molecule has 17 heteroatoms. The summed E-state index contributed by atoms with van der Waals surface area (Å²) in [4.78, 5) is 39.7. The molecule has 0 aliphatic carbocycles. The Morgan fingerprint density at radius 1 is 1.13 bits per heavy atom. The molecule has 0 saturated carbocycles. The molecule has 14 nitrogen and oxygen atoms in total. The lowest BCUT2D eigenvalue weighted by Gasteiger charge is -2.39. The molecule has 2 aliphatic heterocycles. The lowest BCUT2D eigenvalue weighted by atomic mass is 9.88. The van der Waals surface area contributed by atoms with E-state index in [0.717, 1.165) is 0 Å². The van der Waals surface area contributed by atoms with Gasteiger partial charge in [0.05, 0.1) is 17.0 Å². The van der Waals surface area contributed by atoms with Crippen LogP contribution in [0.25, 0.3) is 0 Å². The van der Waals surface area contributed by atoms with Gasteiger partial charge in [0.25, 0.3) is 11.8 Å². The number of hydrogen-bond acceptors (Lipinski definition) is 11. The molecule has 5 rings (SSSR count). The molecule has 45 heavy (non-hydrogen) atoms. The minimum absolute atomic E-state index is 0.0569. The van der Waals surface area contributed by atoms with Crippen LogP contribution >= 0.6 is 11.6 Å². The predicted molar refractivity (Wildman–Crippen MR) is 165 cm³/mol. The minimum atomic E-state index is -3.97. The summed E-state index contributed by atoms with van der Waals surface area (Å²) < 4.78 is 46.8. The molecular weight excluding hydrogens is 629 g/mol. The standard InChI is InChI=1S/C28H31ClFN9O5S/c1-16(30)44-19-6-2-4-17(12-19)14-34-45(42,43)20-7-3-5-18(13-20)26(41)39-10-8-28(9-11-39)15-33-27(38-28)37-25(40)21-23(31)36-24(32)22(29)35-21/h2-7,12-13,16,34H,8-11,14-15H2,1H3,(H4,31,32,36)(H2,33,37,38,40).